The second kappa shape index (κ2) is 5.77. The Morgan fingerprint density at radius 3 is 3.09 bits per heavy atom. The molecule has 0 bridgehead atoms. The third-order valence-corrected chi connectivity index (χ3v) is 4.98. The van der Waals surface area contributed by atoms with Crippen LogP contribution >= 0.6 is 11.3 Å². The minimum Gasteiger partial charge on any atom is -0.349 e. The fourth-order valence-corrected chi connectivity index (χ4v) is 3.59. The molecule has 1 aliphatic carbocycles. The average molecular weight is 326 g/mol. The van der Waals surface area contributed by atoms with Gasteiger partial charge in [-0.15, -0.1) is 11.3 Å². The zero-order valence-corrected chi connectivity index (χ0v) is 13.7. The van der Waals surface area contributed by atoms with Gasteiger partial charge in [-0.05, 0) is 37.3 Å². The highest BCUT2D eigenvalue weighted by atomic mass is 32.1. The van der Waals surface area contributed by atoms with Gasteiger partial charge in [-0.3, -0.25) is 4.79 Å². The third-order valence-electron chi connectivity index (χ3n) is 4.08. The molecule has 23 heavy (non-hydrogen) atoms. The van der Waals surface area contributed by atoms with Gasteiger partial charge in [-0.2, -0.15) is 0 Å². The Morgan fingerprint density at radius 1 is 1.48 bits per heavy atom. The monoisotopic (exact) mass is 326 g/mol. The molecular weight excluding hydrogens is 308 g/mol. The van der Waals surface area contributed by atoms with E-state index in [0.29, 0.717) is 11.6 Å². The predicted molar refractivity (Wildman–Crippen MR) is 90.8 cm³/mol. The van der Waals surface area contributed by atoms with Crippen LogP contribution in [0.15, 0.2) is 36.1 Å². The number of thiophene rings is 1. The molecular formula is C17H18N4OS. The van der Waals surface area contributed by atoms with Crippen LogP contribution in [0.25, 0.3) is 11.2 Å². The van der Waals surface area contributed by atoms with Gasteiger partial charge in [0.2, 0.25) is 0 Å². The summed E-state index contributed by atoms with van der Waals surface area (Å²) >= 11 is 1.71. The van der Waals surface area contributed by atoms with E-state index < -0.39 is 0 Å². The second-order valence-electron chi connectivity index (χ2n) is 6.11. The van der Waals surface area contributed by atoms with Gasteiger partial charge in [0.05, 0.1) is 11.9 Å². The Hall–Kier alpha value is -2.21. The zero-order chi connectivity index (χ0) is 15.8. The first-order chi connectivity index (χ1) is 11.2. The fourth-order valence-electron chi connectivity index (χ4n) is 2.75. The van der Waals surface area contributed by atoms with Crippen molar-refractivity contribution in [2.75, 3.05) is 0 Å². The van der Waals surface area contributed by atoms with Gasteiger partial charge in [0, 0.05) is 29.6 Å². The number of amides is 1. The molecule has 0 saturated heterocycles. The molecule has 0 aliphatic heterocycles. The molecule has 4 rings (SSSR count). The Bertz CT molecular complexity index is 836. The Kier molecular flexibility index (Phi) is 3.61. The molecule has 1 aliphatic rings. The van der Waals surface area contributed by atoms with Crippen LogP contribution in [0.1, 0.15) is 41.0 Å². The van der Waals surface area contributed by atoms with Gasteiger partial charge in [0.15, 0.2) is 5.65 Å². The van der Waals surface area contributed by atoms with E-state index in [9.17, 15) is 4.79 Å². The summed E-state index contributed by atoms with van der Waals surface area (Å²) in [5.41, 5.74) is 2.22. The first-order valence-corrected chi connectivity index (χ1v) is 8.74. The van der Waals surface area contributed by atoms with Crippen molar-refractivity contribution in [3.63, 3.8) is 0 Å². The lowest BCUT2D eigenvalue weighted by atomic mass is 10.2. The van der Waals surface area contributed by atoms with E-state index in [1.807, 2.05) is 25.4 Å². The number of carbonyl (C=O) groups excluding carboxylic acids is 1. The molecule has 3 aromatic rings. The summed E-state index contributed by atoms with van der Waals surface area (Å²) < 4.78 is 2.11. The topological polar surface area (TPSA) is 59.8 Å². The standard InChI is InChI=1S/C17H18N4OS/c1-11(7-14-3-2-6-23-14)20-17(22)12-8-15-16(18-9-12)21(10-19-15)13-4-5-13/h2-3,6,8-11,13H,4-5,7H2,1H3,(H,20,22)/t11-/m1/s1. The Morgan fingerprint density at radius 2 is 2.35 bits per heavy atom. The Labute approximate surface area is 138 Å². The molecule has 1 fully saturated rings. The number of nitrogens with one attached hydrogen (secondary N) is 1. The molecule has 0 unspecified atom stereocenters. The zero-order valence-electron chi connectivity index (χ0n) is 12.9. The summed E-state index contributed by atoms with van der Waals surface area (Å²) in [5, 5.41) is 5.09. The van der Waals surface area contributed by atoms with E-state index in [1.54, 1.807) is 17.5 Å². The number of fused-ring (bicyclic) bond motifs is 1. The van der Waals surface area contributed by atoms with Crippen molar-refractivity contribution in [2.24, 2.45) is 0 Å². The van der Waals surface area contributed by atoms with E-state index in [2.05, 4.69) is 31.3 Å². The third kappa shape index (κ3) is 2.99. The number of imidazole rings is 1. The van der Waals surface area contributed by atoms with Crippen molar-refractivity contribution in [3.05, 3.63) is 46.5 Å². The lowest BCUT2D eigenvalue weighted by molar-refractivity contribution is 0.0940. The lowest BCUT2D eigenvalue weighted by Gasteiger charge is -2.12. The van der Waals surface area contributed by atoms with Crippen molar-refractivity contribution in [1.82, 2.24) is 19.9 Å². The quantitative estimate of drug-likeness (QED) is 0.783. The smallest absolute Gasteiger partial charge is 0.253 e. The van der Waals surface area contributed by atoms with Crippen LogP contribution in [0, 0.1) is 0 Å². The van der Waals surface area contributed by atoms with Crippen molar-refractivity contribution in [2.45, 2.75) is 38.3 Å². The molecule has 1 atom stereocenters. The number of rotatable bonds is 5. The summed E-state index contributed by atoms with van der Waals surface area (Å²) in [6.07, 6.45) is 6.70. The highest BCUT2D eigenvalue weighted by molar-refractivity contribution is 7.09. The molecule has 1 saturated carbocycles. The lowest BCUT2D eigenvalue weighted by Crippen LogP contribution is -2.33. The first-order valence-electron chi connectivity index (χ1n) is 7.86. The molecule has 3 heterocycles. The normalized spacial score (nSPS) is 15.7. The number of nitrogens with zero attached hydrogens (tertiary/aromatic N) is 3. The van der Waals surface area contributed by atoms with Crippen molar-refractivity contribution in [3.8, 4) is 0 Å². The molecule has 1 N–H and O–H groups in total. The summed E-state index contributed by atoms with van der Waals surface area (Å²) in [6.45, 7) is 2.02. The number of hydrogen-bond donors (Lipinski definition) is 1. The molecule has 0 aromatic carbocycles. The van der Waals surface area contributed by atoms with E-state index in [0.717, 1.165) is 17.6 Å². The van der Waals surface area contributed by atoms with E-state index in [-0.39, 0.29) is 11.9 Å². The van der Waals surface area contributed by atoms with E-state index >= 15 is 0 Å². The van der Waals surface area contributed by atoms with Gasteiger partial charge in [0.25, 0.3) is 5.91 Å². The average Bonchev–Trinajstić information content (AvgIpc) is 3.09. The summed E-state index contributed by atoms with van der Waals surface area (Å²) in [6, 6.07) is 6.57. The van der Waals surface area contributed by atoms with Crippen LogP contribution in [0.5, 0.6) is 0 Å². The van der Waals surface area contributed by atoms with Crippen molar-refractivity contribution in [1.29, 1.82) is 0 Å². The molecule has 0 spiro atoms. The summed E-state index contributed by atoms with van der Waals surface area (Å²) in [4.78, 5) is 22.5. The molecule has 1 amide bonds. The second-order valence-corrected chi connectivity index (χ2v) is 7.14. The summed E-state index contributed by atoms with van der Waals surface area (Å²) in [5.74, 6) is -0.0931. The van der Waals surface area contributed by atoms with Crippen LogP contribution in [0.4, 0.5) is 0 Å². The van der Waals surface area contributed by atoms with Gasteiger partial charge in [0.1, 0.15) is 5.52 Å². The van der Waals surface area contributed by atoms with E-state index in [4.69, 9.17) is 0 Å². The number of hydrogen-bond acceptors (Lipinski definition) is 4. The maximum absolute atomic E-state index is 12.4. The van der Waals surface area contributed by atoms with Crippen LogP contribution in [0.3, 0.4) is 0 Å². The van der Waals surface area contributed by atoms with Crippen molar-refractivity contribution < 1.29 is 4.79 Å². The maximum atomic E-state index is 12.4. The van der Waals surface area contributed by atoms with Gasteiger partial charge >= 0.3 is 0 Å². The van der Waals surface area contributed by atoms with Crippen molar-refractivity contribution >= 4 is 28.4 Å². The predicted octanol–water partition coefficient (Wildman–Crippen LogP) is 3.19. The van der Waals surface area contributed by atoms with Crippen LogP contribution in [-0.4, -0.2) is 26.5 Å². The van der Waals surface area contributed by atoms with Gasteiger partial charge < -0.3 is 9.88 Å². The molecule has 0 radical (unpaired) electrons. The Balaban J connectivity index is 1.48. The molecule has 6 heteroatoms. The highest BCUT2D eigenvalue weighted by Crippen LogP contribution is 2.36. The highest BCUT2D eigenvalue weighted by Gasteiger charge is 2.25. The largest absolute Gasteiger partial charge is 0.349 e. The van der Waals surface area contributed by atoms with Crippen LogP contribution < -0.4 is 5.32 Å². The minimum absolute atomic E-state index is 0.0841. The molecule has 118 valence electrons. The summed E-state index contributed by atoms with van der Waals surface area (Å²) in [7, 11) is 0. The van der Waals surface area contributed by atoms with E-state index in [1.165, 1.54) is 17.7 Å². The SMILES string of the molecule is C[C@H](Cc1cccs1)NC(=O)c1cnc2c(c1)ncn2C1CC1. The van der Waals surface area contributed by atoms with Gasteiger partial charge in [-0.25, -0.2) is 9.97 Å². The molecule has 5 nitrogen and oxygen atoms in total. The van der Waals surface area contributed by atoms with Gasteiger partial charge in [-0.1, -0.05) is 6.07 Å². The number of aromatic nitrogens is 3. The van der Waals surface area contributed by atoms with Crippen LogP contribution in [0.2, 0.25) is 0 Å². The fraction of sp³-hybridized carbons (Fsp3) is 0.353. The maximum Gasteiger partial charge on any atom is 0.253 e. The van der Waals surface area contributed by atoms with Crippen LogP contribution in [-0.2, 0) is 6.42 Å². The number of pyridine rings is 1. The first kappa shape index (κ1) is 14.4. The minimum atomic E-state index is -0.0931. The molecule has 3 aromatic heterocycles. The number of carbonyl (C=O) groups is 1.